The van der Waals surface area contributed by atoms with Gasteiger partial charge in [-0.1, -0.05) is 12.8 Å². The van der Waals surface area contributed by atoms with Crippen molar-refractivity contribution in [2.75, 3.05) is 5.32 Å². The molecule has 1 aliphatic carbocycles. The van der Waals surface area contributed by atoms with Crippen molar-refractivity contribution in [2.45, 2.75) is 31.2 Å². The summed E-state index contributed by atoms with van der Waals surface area (Å²) < 4.78 is 0. The molecule has 0 aliphatic heterocycles. The van der Waals surface area contributed by atoms with Gasteiger partial charge in [0.1, 0.15) is 0 Å². The lowest BCUT2D eigenvalue weighted by molar-refractivity contribution is -0.121. The van der Waals surface area contributed by atoms with Crippen molar-refractivity contribution < 1.29 is 4.79 Å². The lowest BCUT2D eigenvalue weighted by Gasteiger charge is -2.22. The fourth-order valence-electron chi connectivity index (χ4n) is 1.92. The number of nitrogens with zero attached hydrogens (tertiary/aromatic N) is 1. The molecule has 4 nitrogen and oxygen atoms in total. The molecule has 1 amide bonds. The van der Waals surface area contributed by atoms with Crippen molar-refractivity contribution in [3.05, 3.63) is 24.5 Å². The molecule has 0 atom stereocenters. The molecule has 1 aliphatic rings. The third-order valence-corrected chi connectivity index (χ3v) is 2.89. The average Bonchev–Trinajstić information content (AvgIpc) is 2.68. The standard InChI is InChI=1S/C11H15N3O.2ClH/c12-11(5-1-2-6-11)10(15)14-9-3-7-13-8-4-9;;/h3-4,7-8H,1-2,5-6,12H2,(H,13,14,15);2*1H. The maximum atomic E-state index is 11.9. The van der Waals surface area contributed by atoms with E-state index in [2.05, 4.69) is 10.3 Å². The van der Waals surface area contributed by atoms with E-state index in [4.69, 9.17) is 5.73 Å². The number of hydrogen-bond acceptors (Lipinski definition) is 3. The summed E-state index contributed by atoms with van der Waals surface area (Å²) in [5.74, 6) is -0.0776. The summed E-state index contributed by atoms with van der Waals surface area (Å²) in [5, 5.41) is 2.82. The van der Waals surface area contributed by atoms with E-state index in [1.54, 1.807) is 24.5 Å². The smallest absolute Gasteiger partial charge is 0.244 e. The van der Waals surface area contributed by atoms with Crippen LogP contribution in [0.5, 0.6) is 0 Å². The number of carbonyl (C=O) groups is 1. The van der Waals surface area contributed by atoms with Crippen molar-refractivity contribution >= 4 is 36.4 Å². The molecule has 0 bridgehead atoms. The van der Waals surface area contributed by atoms with E-state index in [0.717, 1.165) is 31.4 Å². The first kappa shape index (κ1) is 16.2. The summed E-state index contributed by atoms with van der Waals surface area (Å²) in [6.45, 7) is 0. The Bertz CT molecular complexity index is 353. The SMILES string of the molecule is Cl.Cl.NC1(C(=O)Nc2ccncc2)CCCC1. The number of aromatic nitrogens is 1. The van der Waals surface area contributed by atoms with Gasteiger partial charge in [0, 0.05) is 18.1 Å². The summed E-state index contributed by atoms with van der Waals surface area (Å²) in [4.78, 5) is 15.8. The fraction of sp³-hybridized carbons (Fsp3) is 0.455. The molecule has 0 spiro atoms. The summed E-state index contributed by atoms with van der Waals surface area (Å²) >= 11 is 0. The molecule has 0 radical (unpaired) electrons. The van der Waals surface area contributed by atoms with E-state index in [1.165, 1.54) is 0 Å². The normalized spacial score (nSPS) is 16.5. The van der Waals surface area contributed by atoms with Crippen LogP contribution in [-0.4, -0.2) is 16.4 Å². The second-order valence-corrected chi connectivity index (χ2v) is 4.05. The van der Waals surface area contributed by atoms with Crippen LogP contribution in [0.2, 0.25) is 0 Å². The maximum absolute atomic E-state index is 11.9. The number of nitrogens with two attached hydrogens (primary N) is 1. The molecule has 0 unspecified atom stereocenters. The summed E-state index contributed by atoms with van der Waals surface area (Å²) in [6.07, 6.45) is 6.94. The Kier molecular flexibility index (Phi) is 6.45. The molecule has 1 heterocycles. The number of nitrogens with one attached hydrogen (secondary N) is 1. The van der Waals surface area contributed by atoms with E-state index in [-0.39, 0.29) is 30.7 Å². The monoisotopic (exact) mass is 277 g/mol. The van der Waals surface area contributed by atoms with Gasteiger partial charge >= 0.3 is 0 Å². The van der Waals surface area contributed by atoms with Gasteiger partial charge < -0.3 is 11.1 Å². The molecule has 3 N–H and O–H groups in total. The number of hydrogen-bond donors (Lipinski definition) is 2. The Balaban J connectivity index is 0.00000128. The summed E-state index contributed by atoms with van der Waals surface area (Å²) in [5.41, 5.74) is 6.12. The van der Waals surface area contributed by atoms with Crippen LogP contribution in [0.25, 0.3) is 0 Å². The highest BCUT2D eigenvalue weighted by molar-refractivity contribution is 5.98. The van der Waals surface area contributed by atoms with Crippen LogP contribution in [0.4, 0.5) is 5.69 Å². The van der Waals surface area contributed by atoms with Gasteiger partial charge in [0.25, 0.3) is 0 Å². The zero-order valence-corrected chi connectivity index (χ0v) is 11.0. The highest BCUT2D eigenvalue weighted by Crippen LogP contribution is 2.28. The first-order valence-electron chi connectivity index (χ1n) is 5.21. The quantitative estimate of drug-likeness (QED) is 0.870. The minimum Gasteiger partial charge on any atom is -0.324 e. The molecule has 0 aromatic carbocycles. The first-order chi connectivity index (χ1) is 7.21. The molecule has 1 fully saturated rings. The second-order valence-electron chi connectivity index (χ2n) is 4.05. The van der Waals surface area contributed by atoms with Crippen molar-refractivity contribution in [2.24, 2.45) is 5.73 Å². The Morgan fingerprint density at radius 1 is 1.24 bits per heavy atom. The van der Waals surface area contributed by atoms with E-state index in [0.29, 0.717) is 0 Å². The van der Waals surface area contributed by atoms with Crippen molar-refractivity contribution in [3.63, 3.8) is 0 Å². The molecular formula is C11H17Cl2N3O. The molecule has 1 saturated carbocycles. The molecule has 0 saturated heterocycles. The van der Waals surface area contributed by atoms with Crippen LogP contribution < -0.4 is 11.1 Å². The molecule has 1 aromatic heterocycles. The first-order valence-corrected chi connectivity index (χ1v) is 5.21. The van der Waals surface area contributed by atoms with Crippen LogP contribution in [0, 0.1) is 0 Å². The van der Waals surface area contributed by atoms with E-state index < -0.39 is 5.54 Å². The molecular weight excluding hydrogens is 261 g/mol. The Labute approximate surface area is 113 Å². The Hall–Kier alpha value is -0.840. The van der Waals surface area contributed by atoms with Gasteiger partial charge in [-0.3, -0.25) is 9.78 Å². The van der Waals surface area contributed by atoms with Crippen molar-refractivity contribution in [1.29, 1.82) is 0 Å². The third-order valence-electron chi connectivity index (χ3n) is 2.89. The summed E-state index contributed by atoms with van der Waals surface area (Å²) in [7, 11) is 0. The predicted molar refractivity (Wildman–Crippen MR) is 72.7 cm³/mol. The minimum absolute atomic E-state index is 0. The lowest BCUT2D eigenvalue weighted by Crippen LogP contribution is -2.48. The van der Waals surface area contributed by atoms with Crippen LogP contribution in [0.15, 0.2) is 24.5 Å². The Morgan fingerprint density at radius 3 is 2.29 bits per heavy atom. The van der Waals surface area contributed by atoms with Crippen LogP contribution in [0.1, 0.15) is 25.7 Å². The number of halogens is 2. The van der Waals surface area contributed by atoms with E-state index in [9.17, 15) is 4.79 Å². The minimum atomic E-state index is -0.663. The van der Waals surface area contributed by atoms with Gasteiger partial charge in [0.2, 0.25) is 5.91 Å². The predicted octanol–water partition coefficient (Wildman–Crippen LogP) is 2.14. The molecule has 17 heavy (non-hydrogen) atoms. The van der Waals surface area contributed by atoms with Crippen molar-refractivity contribution in [3.8, 4) is 0 Å². The zero-order valence-electron chi connectivity index (χ0n) is 9.39. The second kappa shape index (κ2) is 6.79. The van der Waals surface area contributed by atoms with Crippen LogP contribution in [-0.2, 0) is 4.79 Å². The number of carbonyl (C=O) groups excluding carboxylic acids is 1. The van der Waals surface area contributed by atoms with Gasteiger partial charge in [-0.15, -0.1) is 24.8 Å². The molecule has 1 aromatic rings. The Morgan fingerprint density at radius 2 is 1.76 bits per heavy atom. The third kappa shape index (κ3) is 3.84. The van der Waals surface area contributed by atoms with Crippen molar-refractivity contribution in [1.82, 2.24) is 4.98 Å². The van der Waals surface area contributed by atoms with Gasteiger partial charge in [-0.2, -0.15) is 0 Å². The van der Waals surface area contributed by atoms with Gasteiger partial charge in [-0.25, -0.2) is 0 Å². The maximum Gasteiger partial charge on any atom is 0.244 e. The van der Waals surface area contributed by atoms with Crippen LogP contribution >= 0.6 is 24.8 Å². The average molecular weight is 278 g/mol. The van der Waals surface area contributed by atoms with E-state index in [1.807, 2.05) is 0 Å². The highest BCUT2D eigenvalue weighted by Gasteiger charge is 2.36. The van der Waals surface area contributed by atoms with Crippen LogP contribution in [0.3, 0.4) is 0 Å². The largest absolute Gasteiger partial charge is 0.324 e. The van der Waals surface area contributed by atoms with Gasteiger partial charge in [0.05, 0.1) is 5.54 Å². The fourth-order valence-corrected chi connectivity index (χ4v) is 1.92. The number of anilines is 1. The van der Waals surface area contributed by atoms with Gasteiger partial charge in [0.15, 0.2) is 0 Å². The number of rotatable bonds is 2. The topological polar surface area (TPSA) is 68.0 Å². The molecule has 6 heteroatoms. The summed E-state index contributed by atoms with van der Waals surface area (Å²) in [6, 6.07) is 3.52. The number of amides is 1. The highest BCUT2D eigenvalue weighted by atomic mass is 35.5. The van der Waals surface area contributed by atoms with E-state index >= 15 is 0 Å². The zero-order chi connectivity index (χ0) is 10.7. The van der Waals surface area contributed by atoms with Gasteiger partial charge in [-0.05, 0) is 25.0 Å². The molecule has 2 rings (SSSR count). The lowest BCUT2D eigenvalue weighted by atomic mass is 9.98. The molecule has 96 valence electrons. The number of pyridine rings is 1.